The van der Waals surface area contributed by atoms with Crippen molar-refractivity contribution in [2.24, 2.45) is 0 Å². The van der Waals surface area contributed by atoms with Gasteiger partial charge in [-0.1, -0.05) is 11.6 Å². The molecule has 1 amide bonds. The zero-order chi connectivity index (χ0) is 13.4. The lowest BCUT2D eigenvalue weighted by molar-refractivity contribution is -0.121. The fourth-order valence-corrected chi connectivity index (χ4v) is 3.23. The summed E-state index contributed by atoms with van der Waals surface area (Å²) >= 11 is 7.41. The van der Waals surface area contributed by atoms with Gasteiger partial charge >= 0.3 is 0 Å². The standard InChI is InChI=1S/C12H13ClN4OS/c1-14-9-3-2-6-17(12(9)18)11-7(13)4-5-8-10(11)16-19-15-8/h4-5,9,14H,2-3,6H2,1H3. The predicted molar refractivity (Wildman–Crippen MR) is 76.9 cm³/mol. The fraction of sp³-hybridized carbons (Fsp3) is 0.417. The summed E-state index contributed by atoms with van der Waals surface area (Å²) in [5, 5.41) is 3.59. The molecule has 1 saturated heterocycles. The van der Waals surface area contributed by atoms with Gasteiger partial charge in [0, 0.05) is 6.54 Å². The van der Waals surface area contributed by atoms with E-state index in [1.807, 2.05) is 6.07 Å². The monoisotopic (exact) mass is 296 g/mol. The quantitative estimate of drug-likeness (QED) is 0.921. The van der Waals surface area contributed by atoms with Gasteiger partial charge in [-0.15, -0.1) is 0 Å². The van der Waals surface area contributed by atoms with Gasteiger partial charge in [-0.3, -0.25) is 4.79 Å². The van der Waals surface area contributed by atoms with Gasteiger partial charge < -0.3 is 10.2 Å². The Labute approximate surface area is 119 Å². The van der Waals surface area contributed by atoms with Gasteiger partial charge in [-0.05, 0) is 32.0 Å². The summed E-state index contributed by atoms with van der Waals surface area (Å²) in [4.78, 5) is 14.2. The van der Waals surface area contributed by atoms with Crippen LogP contribution in [-0.4, -0.2) is 34.3 Å². The lowest BCUT2D eigenvalue weighted by Gasteiger charge is -2.32. The van der Waals surface area contributed by atoms with Crippen molar-refractivity contribution in [2.45, 2.75) is 18.9 Å². The number of nitrogens with zero attached hydrogens (tertiary/aromatic N) is 3. The number of aromatic nitrogens is 2. The minimum atomic E-state index is -0.147. The summed E-state index contributed by atoms with van der Waals surface area (Å²) in [6.07, 6.45) is 1.80. The molecule has 5 nitrogen and oxygen atoms in total. The van der Waals surface area contributed by atoms with Crippen molar-refractivity contribution in [3.8, 4) is 0 Å². The van der Waals surface area contributed by atoms with E-state index < -0.39 is 0 Å². The number of nitrogens with one attached hydrogen (secondary N) is 1. The van der Waals surface area contributed by atoms with Gasteiger partial charge in [-0.25, -0.2) is 0 Å². The van der Waals surface area contributed by atoms with Crippen molar-refractivity contribution < 1.29 is 4.79 Å². The third-order valence-corrected chi connectivity index (χ3v) is 4.26. The zero-order valence-electron chi connectivity index (χ0n) is 10.4. The largest absolute Gasteiger partial charge is 0.309 e. The number of amides is 1. The average Bonchev–Trinajstić information content (AvgIpc) is 2.88. The molecule has 2 heterocycles. The molecule has 0 aliphatic carbocycles. The highest BCUT2D eigenvalue weighted by atomic mass is 35.5. The number of piperidine rings is 1. The molecule has 0 radical (unpaired) electrons. The maximum Gasteiger partial charge on any atom is 0.244 e. The van der Waals surface area contributed by atoms with Crippen LogP contribution in [0.2, 0.25) is 5.02 Å². The van der Waals surface area contributed by atoms with Gasteiger partial charge in [0.1, 0.15) is 11.0 Å². The third-order valence-electron chi connectivity index (χ3n) is 3.41. The van der Waals surface area contributed by atoms with E-state index in [9.17, 15) is 4.79 Å². The van der Waals surface area contributed by atoms with E-state index in [0.717, 1.165) is 30.1 Å². The van der Waals surface area contributed by atoms with Gasteiger partial charge in [0.25, 0.3) is 0 Å². The summed E-state index contributed by atoms with van der Waals surface area (Å²) in [7, 11) is 1.80. The number of likely N-dealkylation sites (N-methyl/N-ethyl adjacent to an activating group) is 1. The first kappa shape index (κ1) is 12.8. The van der Waals surface area contributed by atoms with E-state index in [0.29, 0.717) is 22.8 Å². The Morgan fingerprint density at radius 3 is 3.11 bits per heavy atom. The summed E-state index contributed by atoms with van der Waals surface area (Å²) in [6.45, 7) is 0.674. The Balaban J connectivity index is 2.10. The van der Waals surface area contributed by atoms with E-state index in [2.05, 4.69) is 14.1 Å². The summed E-state index contributed by atoms with van der Waals surface area (Å²) in [5.41, 5.74) is 2.18. The summed E-state index contributed by atoms with van der Waals surface area (Å²) < 4.78 is 8.47. The van der Waals surface area contributed by atoms with E-state index in [-0.39, 0.29) is 11.9 Å². The third kappa shape index (κ3) is 2.09. The van der Waals surface area contributed by atoms with Crippen LogP contribution in [0.15, 0.2) is 12.1 Å². The number of halogens is 1. The highest BCUT2D eigenvalue weighted by Crippen LogP contribution is 2.35. The van der Waals surface area contributed by atoms with Crippen molar-refractivity contribution in [1.82, 2.24) is 14.1 Å². The van der Waals surface area contributed by atoms with Crippen LogP contribution in [0.3, 0.4) is 0 Å². The molecule has 0 bridgehead atoms. The molecule has 19 heavy (non-hydrogen) atoms. The molecular weight excluding hydrogens is 284 g/mol. The fourth-order valence-electron chi connectivity index (χ4n) is 2.44. The molecule has 1 N–H and O–H groups in total. The lowest BCUT2D eigenvalue weighted by atomic mass is 10.0. The number of hydrogen-bond acceptors (Lipinski definition) is 5. The van der Waals surface area contributed by atoms with Crippen LogP contribution in [0.5, 0.6) is 0 Å². The molecule has 3 rings (SSSR count). The maximum absolute atomic E-state index is 12.4. The van der Waals surface area contributed by atoms with Crippen molar-refractivity contribution in [1.29, 1.82) is 0 Å². The highest BCUT2D eigenvalue weighted by molar-refractivity contribution is 7.00. The summed E-state index contributed by atoms with van der Waals surface area (Å²) in [5.74, 6) is 0.0520. The number of hydrogen-bond donors (Lipinski definition) is 1. The zero-order valence-corrected chi connectivity index (χ0v) is 12.0. The van der Waals surface area contributed by atoms with Gasteiger partial charge in [0.2, 0.25) is 5.91 Å². The van der Waals surface area contributed by atoms with E-state index in [1.165, 1.54) is 0 Å². The molecule has 2 aromatic rings. The smallest absolute Gasteiger partial charge is 0.244 e. The molecular formula is C12H13ClN4OS. The van der Waals surface area contributed by atoms with Crippen LogP contribution < -0.4 is 10.2 Å². The van der Waals surface area contributed by atoms with E-state index >= 15 is 0 Å². The van der Waals surface area contributed by atoms with Gasteiger partial charge in [0.05, 0.1) is 28.5 Å². The molecule has 0 spiro atoms. The molecule has 0 saturated carbocycles. The Morgan fingerprint density at radius 2 is 2.32 bits per heavy atom. The van der Waals surface area contributed by atoms with Crippen LogP contribution in [0.4, 0.5) is 5.69 Å². The number of carbonyl (C=O) groups is 1. The number of benzene rings is 1. The first-order valence-corrected chi connectivity index (χ1v) is 7.22. The molecule has 1 unspecified atom stereocenters. The molecule has 7 heteroatoms. The minimum absolute atomic E-state index is 0.0520. The second-order valence-corrected chi connectivity index (χ2v) is 5.44. The maximum atomic E-state index is 12.4. The number of fused-ring (bicyclic) bond motifs is 1. The predicted octanol–water partition coefficient (Wildman–Crippen LogP) is 2.06. The van der Waals surface area contributed by atoms with E-state index in [4.69, 9.17) is 11.6 Å². The average molecular weight is 297 g/mol. The van der Waals surface area contributed by atoms with Crippen LogP contribution in [0.25, 0.3) is 11.0 Å². The second-order valence-electron chi connectivity index (χ2n) is 4.50. The molecule has 1 aliphatic rings. The Hall–Kier alpha value is -1.24. The number of carbonyl (C=O) groups excluding carboxylic acids is 1. The van der Waals surface area contributed by atoms with Crippen LogP contribution in [-0.2, 0) is 4.79 Å². The molecule has 1 atom stereocenters. The highest BCUT2D eigenvalue weighted by Gasteiger charge is 2.31. The van der Waals surface area contributed by atoms with Crippen LogP contribution >= 0.6 is 23.3 Å². The molecule has 1 aromatic carbocycles. The molecule has 1 aromatic heterocycles. The molecule has 1 aliphatic heterocycles. The van der Waals surface area contributed by atoms with Crippen LogP contribution in [0, 0.1) is 0 Å². The molecule has 1 fully saturated rings. The topological polar surface area (TPSA) is 58.1 Å². The normalized spacial score (nSPS) is 20.2. The second kappa shape index (κ2) is 5.03. The lowest BCUT2D eigenvalue weighted by Crippen LogP contribution is -2.50. The van der Waals surface area contributed by atoms with Crippen molar-refractivity contribution in [3.05, 3.63) is 17.2 Å². The summed E-state index contributed by atoms with van der Waals surface area (Å²) in [6, 6.07) is 3.46. The minimum Gasteiger partial charge on any atom is -0.309 e. The first-order valence-electron chi connectivity index (χ1n) is 6.12. The van der Waals surface area contributed by atoms with Crippen LogP contribution in [0.1, 0.15) is 12.8 Å². The number of rotatable bonds is 2. The van der Waals surface area contributed by atoms with Crippen molar-refractivity contribution in [2.75, 3.05) is 18.5 Å². The Morgan fingerprint density at radius 1 is 1.47 bits per heavy atom. The first-order chi connectivity index (χ1) is 9.22. The SMILES string of the molecule is CNC1CCCN(c2c(Cl)ccc3nsnc23)C1=O. The Kier molecular flexibility index (Phi) is 3.38. The number of anilines is 1. The van der Waals surface area contributed by atoms with E-state index in [1.54, 1.807) is 18.0 Å². The molecule has 100 valence electrons. The van der Waals surface area contributed by atoms with Crippen molar-refractivity contribution in [3.63, 3.8) is 0 Å². The van der Waals surface area contributed by atoms with Gasteiger partial charge in [0.15, 0.2) is 0 Å². The van der Waals surface area contributed by atoms with Gasteiger partial charge in [-0.2, -0.15) is 8.75 Å². The van der Waals surface area contributed by atoms with Crippen molar-refractivity contribution >= 4 is 46.0 Å². The Bertz CT molecular complexity index is 629.